The minimum absolute atomic E-state index is 0.181. The smallest absolute Gasteiger partial charge is 0.335 e. The Morgan fingerprint density at radius 3 is 2.78 bits per heavy atom. The van der Waals surface area contributed by atoms with Gasteiger partial charge in [-0.1, -0.05) is 13.0 Å². The van der Waals surface area contributed by atoms with Crippen LogP contribution in [0.2, 0.25) is 0 Å². The number of aliphatic hydroxyl groups is 3. The number of Topliss-reactive ketones (excluding diaryl/α,β-unsaturated/α-hetero) is 1. The molecule has 174 valence electrons. The van der Waals surface area contributed by atoms with Crippen molar-refractivity contribution in [1.29, 1.82) is 5.72 Å². The first-order valence-electron chi connectivity index (χ1n) is 13.0. The van der Waals surface area contributed by atoms with Gasteiger partial charge >= 0.3 is 5.97 Å². The molecule has 1 saturated heterocycles. The fraction of sp³-hybridized carbons (Fsp3) is 0.667. The molecule has 1 aromatic rings. The third-order valence-corrected chi connectivity index (χ3v) is 8.39. The van der Waals surface area contributed by atoms with Crippen molar-refractivity contribution in [2.24, 2.45) is 17.3 Å². The summed E-state index contributed by atoms with van der Waals surface area (Å²) in [5, 5.41) is 17.8. The van der Waals surface area contributed by atoms with Crippen LogP contribution in [0.1, 0.15) is 56.1 Å². The van der Waals surface area contributed by atoms with Gasteiger partial charge in [-0.05, 0) is 73.1 Å². The number of aliphatic hydroxyl groups excluding tert-OH is 3. The van der Waals surface area contributed by atoms with E-state index in [2.05, 4.69) is 27.4 Å². The van der Waals surface area contributed by atoms with Crippen molar-refractivity contribution in [3.05, 3.63) is 29.3 Å². The molecule has 1 aliphatic heterocycles. The molecular formula is C24H30O8. The molecule has 0 amide bonds. The molecule has 8 nitrogen and oxygen atoms in total. The van der Waals surface area contributed by atoms with E-state index in [9.17, 15) is 9.59 Å². The number of aliphatic carboxylic acids is 1. The lowest BCUT2D eigenvalue weighted by molar-refractivity contribution is -0.271. The highest BCUT2D eigenvalue weighted by atomic mass is 16.7. The van der Waals surface area contributed by atoms with Crippen molar-refractivity contribution in [1.82, 2.24) is 0 Å². The van der Waals surface area contributed by atoms with Crippen LogP contribution in [-0.2, 0) is 20.7 Å². The monoisotopic (exact) mass is 450 g/mol. The van der Waals surface area contributed by atoms with Crippen LogP contribution in [0.3, 0.4) is 0 Å². The first kappa shape index (κ1) is 17.5. The number of fused-ring (bicyclic) bond motifs is 5. The van der Waals surface area contributed by atoms with Crippen LogP contribution < -0.4 is 4.74 Å². The summed E-state index contributed by atoms with van der Waals surface area (Å²) in [7, 11) is 0. The number of carboxylic acid groups (broad SMARTS) is 1. The van der Waals surface area contributed by atoms with E-state index in [1.54, 1.807) is 6.07 Å². The van der Waals surface area contributed by atoms with Crippen LogP contribution in [0.15, 0.2) is 18.2 Å². The van der Waals surface area contributed by atoms with Gasteiger partial charge < -0.3 is 29.9 Å². The van der Waals surface area contributed by atoms with Gasteiger partial charge in [0.15, 0.2) is 6.10 Å². The molecule has 3 aliphatic carbocycles. The lowest BCUT2D eigenvalue weighted by atomic mass is 9.55. The van der Waals surface area contributed by atoms with E-state index in [0.717, 1.165) is 37.7 Å². The molecule has 1 aromatic carbocycles. The molecule has 1 heterocycles. The van der Waals surface area contributed by atoms with Crippen molar-refractivity contribution in [3.63, 3.8) is 0 Å². The quantitative estimate of drug-likeness (QED) is 0.511. The average Bonchev–Trinajstić information content (AvgIpc) is 3.21. The lowest BCUT2D eigenvalue weighted by Crippen LogP contribution is -2.61. The SMILES string of the molecule is [2H]OC(=O)[C@H]1O[C@@H](Oc2ccc3c(c2)CC[C@@H]2[C@@H]3CC[C@]3(C)C(=O)CC[C@@H]23)[C@H](O[2H])[C@@H](O[2H])[C@@H]1O[2H]. The van der Waals surface area contributed by atoms with Crippen molar-refractivity contribution >= 4 is 11.8 Å². The van der Waals surface area contributed by atoms with E-state index < -0.39 is 36.7 Å². The van der Waals surface area contributed by atoms with Gasteiger partial charge in [-0.3, -0.25) is 4.79 Å². The molecular weight excluding hydrogens is 416 g/mol. The number of hydrogen-bond donors (Lipinski definition) is 4. The Balaban J connectivity index is 1.37. The highest BCUT2D eigenvalue weighted by Gasteiger charge is 2.54. The number of hydrogen-bond acceptors (Lipinski definition) is 8. The van der Waals surface area contributed by atoms with Gasteiger partial charge in [0.2, 0.25) is 10.6 Å². The fourth-order valence-electron chi connectivity index (χ4n) is 6.64. The van der Waals surface area contributed by atoms with Crippen LogP contribution >= 0.6 is 0 Å². The molecule has 4 aliphatic rings. The topological polar surface area (TPSA) is 134 Å². The summed E-state index contributed by atoms with van der Waals surface area (Å²) < 4.78 is 40.5. The number of carbonyl (C=O) groups is 2. The lowest BCUT2D eigenvalue weighted by Gasteiger charge is -2.48. The predicted molar refractivity (Wildman–Crippen MR) is 111 cm³/mol. The van der Waals surface area contributed by atoms with Crippen LogP contribution in [0.5, 0.6) is 5.75 Å². The maximum atomic E-state index is 12.6. The summed E-state index contributed by atoms with van der Waals surface area (Å²) in [6.45, 7) is 2.15. The Hall–Kier alpha value is -2.00. The number of benzene rings is 1. The second kappa shape index (κ2) is 7.80. The Labute approximate surface area is 192 Å². The second-order valence-corrected chi connectivity index (χ2v) is 9.95. The van der Waals surface area contributed by atoms with Gasteiger partial charge in [0.25, 0.3) is 1.43 Å². The largest absolute Gasteiger partial charge is 0.479 e. The number of rotatable bonds is 6. The molecule has 9 atom stereocenters. The summed E-state index contributed by atoms with van der Waals surface area (Å²) in [6.07, 6.45) is -1.70. The average molecular weight is 451 g/mol. The third-order valence-electron chi connectivity index (χ3n) is 8.39. The van der Waals surface area contributed by atoms with Crippen molar-refractivity contribution in [3.8, 4) is 5.75 Å². The minimum atomic E-state index is -1.59. The third kappa shape index (κ3) is 3.27. The molecule has 8 heteroatoms. The van der Waals surface area contributed by atoms with Gasteiger partial charge in [-0.2, -0.15) is 0 Å². The Kier molecular flexibility index (Phi) is 4.26. The summed E-state index contributed by atoms with van der Waals surface area (Å²) in [5.41, 5.74) is 2.23. The van der Waals surface area contributed by atoms with Crippen LogP contribution in [0.4, 0.5) is 0 Å². The highest BCUT2D eigenvalue weighted by molar-refractivity contribution is 5.87. The molecule has 0 radical (unpaired) electrons. The van der Waals surface area contributed by atoms with Crippen molar-refractivity contribution < 1.29 is 39.5 Å². The van der Waals surface area contributed by atoms with Crippen LogP contribution in [0.25, 0.3) is 1.43 Å². The number of ketones is 1. The molecule has 3 fully saturated rings. The van der Waals surface area contributed by atoms with Crippen LogP contribution in [-0.4, -0.2) is 67.2 Å². The maximum absolute atomic E-state index is 12.6. The number of carboxylic acids is 1. The standard InChI is InChI=1S/C24H30O8/c1-24-9-8-14-13-5-3-12(10-11(13)2-4-15(14)16(24)6-7-17(24)25)31-23-20(28)18(26)19(27)21(32-23)22(29)30/h3,5,10,14-16,18-21,23,26-28H,2,4,6-9H2,1H3,(H,29,30)/t14-,15-,16+,18+,19+,20-,21+,23-,24+/m1/s1/i26D,27D,28D/hD. The summed E-state index contributed by atoms with van der Waals surface area (Å²) in [5.74, 6) is 1.00. The number of carbonyl (C=O) groups excluding carboxylic acids is 1. The number of ether oxygens (including phenoxy) is 2. The maximum Gasteiger partial charge on any atom is 0.335 e. The molecule has 5 rings (SSSR count). The van der Waals surface area contributed by atoms with Gasteiger partial charge in [0.1, 0.15) is 29.8 Å². The van der Waals surface area contributed by atoms with Gasteiger partial charge in [0, 0.05) is 11.8 Å². The normalized spacial score (nSPS) is 44.7. The van der Waals surface area contributed by atoms with Gasteiger partial charge in [-0.25, -0.2) is 4.79 Å². The molecule has 32 heavy (non-hydrogen) atoms. The first-order chi connectivity index (χ1) is 17.4. The fourth-order valence-corrected chi connectivity index (χ4v) is 6.64. The second-order valence-electron chi connectivity index (χ2n) is 9.95. The zero-order valence-electron chi connectivity index (χ0n) is 21.9. The van der Waals surface area contributed by atoms with Gasteiger partial charge in [-0.15, -0.1) is 0 Å². The molecule has 0 unspecified atom stereocenters. The Morgan fingerprint density at radius 2 is 2.00 bits per heavy atom. The molecule has 0 spiro atoms. The predicted octanol–water partition coefficient (Wildman–Crippen LogP) is 1.38. The van der Waals surface area contributed by atoms with E-state index in [1.165, 1.54) is 5.56 Å². The summed E-state index contributed by atoms with van der Waals surface area (Å²) >= 11 is 0. The molecule has 0 bridgehead atoms. The molecule has 2 saturated carbocycles. The van der Waals surface area contributed by atoms with E-state index in [4.69, 9.17) is 15.2 Å². The van der Waals surface area contributed by atoms with Crippen LogP contribution in [0, 0.1) is 17.3 Å². The van der Waals surface area contributed by atoms with E-state index in [0.29, 0.717) is 35.7 Å². The Morgan fingerprint density at radius 1 is 1.16 bits per heavy atom. The summed E-state index contributed by atoms with van der Waals surface area (Å²) in [4.78, 5) is 24.6. The minimum Gasteiger partial charge on any atom is -0.479 e. The zero-order chi connectivity index (χ0) is 25.6. The Bertz CT molecular complexity index is 1010. The molecule has 4 N–H and O–H groups in total. The molecule has 0 aromatic heterocycles. The summed E-state index contributed by atoms with van der Waals surface area (Å²) in [6, 6.07) is 5.73. The zero-order valence-corrected chi connectivity index (χ0v) is 17.9. The van der Waals surface area contributed by atoms with E-state index in [1.807, 2.05) is 12.1 Å². The van der Waals surface area contributed by atoms with Crippen molar-refractivity contribution in [2.45, 2.75) is 82.1 Å². The highest BCUT2D eigenvalue weighted by Crippen LogP contribution is 2.59. The van der Waals surface area contributed by atoms with E-state index in [-0.39, 0.29) is 5.41 Å². The number of aryl methyl sites for hydroxylation is 1. The van der Waals surface area contributed by atoms with Gasteiger partial charge in [0.05, 0.1) is 0 Å². The van der Waals surface area contributed by atoms with Crippen molar-refractivity contribution in [2.75, 3.05) is 0 Å². The first-order valence-corrected chi connectivity index (χ1v) is 11.4. The van der Waals surface area contributed by atoms with E-state index >= 15 is 0 Å².